The van der Waals surface area contributed by atoms with Gasteiger partial charge in [-0.1, -0.05) is 24.3 Å². The molecule has 0 aliphatic heterocycles. The predicted octanol–water partition coefficient (Wildman–Crippen LogP) is 4.04. The summed E-state index contributed by atoms with van der Waals surface area (Å²) in [6.07, 6.45) is 2.12. The van der Waals surface area contributed by atoms with Gasteiger partial charge in [0.05, 0.1) is 16.8 Å². The monoisotopic (exact) mass is 538 g/mol. The molecule has 9 nitrogen and oxygen atoms in total. The van der Waals surface area contributed by atoms with Gasteiger partial charge in [-0.3, -0.25) is 0 Å². The molecule has 32 heavy (non-hydrogen) atoms. The number of rotatable bonds is 5. The zero-order valence-electron chi connectivity index (χ0n) is 16.7. The molecule has 3 rings (SSSR count). The molecule has 14 heteroatoms. The zero-order chi connectivity index (χ0) is 24.2. The summed E-state index contributed by atoms with van der Waals surface area (Å²) in [5.41, 5.74) is 3.90. The highest BCUT2D eigenvalue weighted by molar-refractivity contribution is 8.31. The molecule has 0 aliphatic carbocycles. The number of halogens is 2. The molecule has 3 aromatic rings. The molecule has 0 fully saturated rings. The summed E-state index contributed by atoms with van der Waals surface area (Å²) in [6, 6.07) is 19.1. The number of benzene rings is 3. The van der Waals surface area contributed by atoms with Crippen molar-refractivity contribution in [1.82, 2.24) is 0 Å². The molecule has 0 saturated carbocycles. The SMILES string of the molecule is CS(=O)(=O)/N=[N+](/Nc1ccc(S(C)(=O)=O)cc1)c1ccc2ccccc2c1.O=S(=O)(Cl)Cl. The van der Waals surface area contributed by atoms with E-state index < -0.39 is 28.1 Å². The Kier molecular flexibility index (Phi) is 8.23. The Bertz CT molecular complexity index is 1460. The average Bonchev–Trinajstić information content (AvgIpc) is 2.64. The zero-order valence-corrected chi connectivity index (χ0v) is 20.6. The second kappa shape index (κ2) is 10.1. The van der Waals surface area contributed by atoms with Crippen LogP contribution < -0.4 is 5.43 Å². The van der Waals surface area contributed by atoms with Gasteiger partial charge in [-0.25, -0.2) is 8.42 Å². The first-order chi connectivity index (χ1) is 14.6. The van der Waals surface area contributed by atoms with Crippen LogP contribution in [-0.4, -0.2) is 42.6 Å². The summed E-state index contributed by atoms with van der Waals surface area (Å²) in [6.45, 7) is 0. The number of sulfone groups is 1. The van der Waals surface area contributed by atoms with Gasteiger partial charge < -0.3 is 0 Å². The molecule has 0 bridgehead atoms. The maximum Gasteiger partial charge on any atom is 0.317 e. The molecule has 0 unspecified atom stereocenters. The van der Waals surface area contributed by atoms with Crippen LogP contribution in [0.15, 0.2) is 76.1 Å². The molecule has 0 aromatic heterocycles. The highest BCUT2D eigenvalue weighted by Crippen LogP contribution is 2.23. The lowest BCUT2D eigenvalue weighted by atomic mass is 10.1. The molecule has 0 aliphatic rings. The van der Waals surface area contributed by atoms with E-state index >= 15 is 0 Å². The minimum atomic E-state index is -3.72. The van der Waals surface area contributed by atoms with Gasteiger partial charge in [0.1, 0.15) is 4.52 Å². The van der Waals surface area contributed by atoms with Crippen LogP contribution in [0, 0.1) is 0 Å². The van der Waals surface area contributed by atoms with Crippen LogP contribution in [0.1, 0.15) is 0 Å². The quantitative estimate of drug-likeness (QED) is 0.224. The van der Waals surface area contributed by atoms with Crippen LogP contribution in [0.5, 0.6) is 0 Å². The predicted molar refractivity (Wildman–Crippen MR) is 125 cm³/mol. The van der Waals surface area contributed by atoms with E-state index in [9.17, 15) is 16.8 Å². The van der Waals surface area contributed by atoms with Gasteiger partial charge in [0.15, 0.2) is 9.84 Å². The summed E-state index contributed by atoms with van der Waals surface area (Å²) in [7, 11) is -2.18. The minimum absolute atomic E-state index is 0.172. The Balaban J connectivity index is 0.000000654. The van der Waals surface area contributed by atoms with Gasteiger partial charge in [0.2, 0.25) is 0 Å². The maximum atomic E-state index is 11.7. The van der Waals surface area contributed by atoms with Crippen molar-refractivity contribution in [3.05, 3.63) is 66.7 Å². The van der Waals surface area contributed by atoms with Gasteiger partial charge in [-0.15, -0.1) is 5.43 Å². The van der Waals surface area contributed by atoms with Crippen molar-refractivity contribution in [2.45, 2.75) is 4.90 Å². The normalized spacial score (nSPS) is 12.7. The fourth-order valence-electron chi connectivity index (χ4n) is 2.49. The molecule has 3 aromatic carbocycles. The lowest BCUT2D eigenvalue weighted by Crippen LogP contribution is -2.14. The summed E-state index contributed by atoms with van der Waals surface area (Å²) in [5.74, 6) is 0. The van der Waals surface area contributed by atoms with Crippen LogP contribution >= 0.6 is 21.4 Å². The van der Waals surface area contributed by atoms with Gasteiger partial charge in [0.25, 0.3) is 5.69 Å². The molecule has 0 atom stereocenters. The van der Waals surface area contributed by atoms with Crippen LogP contribution in [-0.2, 0) is 28.1 Å². The van der Waals surface area contributed by atoms with Crippen molar-refractivity contribution in [2.75, 3.05) is 17.9 Å². The van der Waals surface area contributed by atoms with E-state index in [2.05, 4.69) is 31.3 Å². The third kappa shape index (κ3) is 9.09. The van der Waals surface area contributed by atoms with E-state index in [0.29, 0.717) is 11.4 Å². The molecule has 0 spiro atoms. The van der Waals surface area contributed by atoms with Crippen molar-refractivity contribution < 1.29 is 30.1 Å². The highest BCUT2D eigenvalue weighted by atomic mass is 36.0. The van der Waals surface area contributed by atoms with E-state index in [-0.39, 0.29) is 4.90 Å². The fourth-order valence-corrected chi connectivity index (χ4v) is 3.55. The van der Waals surface area contributed by atoms with E-state index in [0.717, 1.165) is 28.1 Å². The molecule has 0 radical (unpaired) electrons. The van der Waals surface area contributed by atoms with Gasteiger partial charge in [-0.05, 0) is 41.1 Å². The van der Waals surface area contributed by atoms with Crippen molar-refractivity contribution in [3.8, 4) is 0 Å². The third-order valence-electron chi connectivity index (χ3n) is 3.73. The molecule has 0 amide bonds. The maximum absolute atomic E-state index is 11.7. The number of nitrogens with one attached hydrogen (secondary N) is 1. The summed E-state index contributed by atoms with van der Waals surface area (Å²) >= 11 is 0. The number of nitrogens with zero attached hydrogens (tertiary/aromatic N) is 2. The van der Waals surface area contributed by atoms with Crippen molar-refractivity contribution >= 4 is 71.6 Å². The van der Waals surface area contributed by atoms with Crippen molar-refractivity contribution in [3.63, 3.8) is 0 Å². The largest absolute Gasteiger partial charge is 0.317 e. The molecular weight excluding hydrogens is 521 g/mol. The first kappa shape index (κ1) is 26.0. The molecule has 1 N–H and O–H groups in total. The van der Waals surface area contributed by atoms with Crippen LogP contribution in [0.4, 0.5) is 11.4 Å². The van der Waals surface area contributed by atoms with E-state index in [1.807, 2.05) is 36.4 Å². The molecular formula is C18H18Cl2N3O6S3+. The first-order valence-corrected chi connectivity index (χ1v) is 15.4. The standard InChI is InChI=1S/C18H18N3O4S2.Cl2O2S/c1-26(22,23)18-11-8-16(9-12-18)19-21(20-27(2,24)25)17-10-7-14-5-3-4-6-15(14)13-17;1-5(2,3)4/h3-13H,1-2H3,(H,19,20);/q+1;. The van der Waals surface area contributed by atoms with E-state index in [4.69, 9.17) is 8.42 Å². The van der Waals surface area contributed by atoms with Gasteiger partial charge >= 0.3 is 18.3 Å². The molecule has 172 valence electrons. The number of fused-ring (bicyclic) bond motifs is 1. The number of hydrogen-bond acceptors (Lipinski definition) is 6. The van der Waals surface area contributed by atoms with Gasteiger partial charge in [-0.2, -0.15) is 16.8 Å². The van der Waals surface area contributed by atoms with E-state index in [1.165, 1.54) is 12.1 Å². The molecule has 0 heterocycles. The summed E-state index contributed by atoms with van der Waals surface area (Å²) in [5, 5.41) is 1.94. The summed E-state index contributed by atoms with van der Waals surface area (Å²) in [4.78, 5) is 1.32. The second-order valence-corrected chi connectivity index (χ2v) is 13.8. The lowest BCUT2D eigenvalue weighted by molar-refractivity contribution is -0.470. The van der Waals surface area contributed by atoms with Crippen molar-refractivity contribution in [1.29, 1.82) is 0 Å². The fraction of sp³-hybridized carbons (Fsp3) is 0.111. The number of hydrogen-bond donors (Lipinski definition) is 1. The van der Waals surface area contributed by atoms with Crippen LogP contribution in [0.25, 0.3) is 10.8 Å². The summed E-state index contributed by atoms with van der Waals surface area (Å²) < 4.78 is 68.7. The number of anilines is 1. The van der Waals surface area contributed by atoms with Crippen LogP contribution in [0.2, 0.25) is 0 Å². The Morgan fingerprint density at radius 1 is 0.781 bits per heavy atom. The number of hydrazine groups is 1. The number of sulfonamides is 1. The lowest BCUT2D eigenvalue weighted by Gasteiger charge is -2.04. The van der Waals surface area contributed by atoms with Crippen molar-refractivity contribution in [2.24, 2.45) is 4.52 Å². The molecule has 0 saturated heterocycles. The Morgan fingerprint density at radius 2 is 1.31 bits per heavy atom. The van der Waals surface area contributed by atoms with Crippen LogP contribution in [0.3, 0.4) is 0 Å². The first-order valence-electron chi connectivity index (χ1n) is 8.55. The third-order valence-corrected chi connectivity index (χ3v) is 5.31. The van der Waals surface area contributed by atoms with Gasteiger partial charge in [0, 0.05) is 44.6 Å². The topological polar surface area (TPSA) is 130 Å². The Hall–Kier alpha value is -2.25. The Morgan fingerprint density at radius 3 is 1.81 bits per heavy atom. The minimum Gasteiger partial charge on any atom is -0.224 e. The average molecular weight is 539 g/mol. The smallest absolute Gasteiger partial charge is 0.224 e. The highest BCUT2D eigenvalue weighted by Gasteiger charge is 2.18. The van der Waals surface area contributed by atoms with E-state index in [1.54, 1.807) is 18.2 Å². The Labute approximate surface area is 195 Å². The second-order valence-electron chi connectivity index (χ2n) is 6.44.